The van der Waals surface area contributed by atoms with E-state index in [2.05, 4.69) is 9.97 Å². The second-order valence-corrected chi connectivity index (χ2v) is 6.36. The van der Waals surface area contributed by atoms with Crippen molar-refractivity contribution in [2.45, 2.75) is 44.4 Å². The van der Waals surface area contributed by atoms with Crippen molar-refractivity contribution in [3.63, 3.8) is 0 Å². The molecule has 2 fully saturated rings. The molecule has 0 amide bonds. The molecule has 122 valence electrons. The van der Waals surface area contributed by atoms with Gasteiger partial charge in [0.1, 0.15) is 5.82 Å². The van der Waals surface area contributed by atoms with Gasteiger partial charge in [0.2, 0.25) is 5.82 Å². The van der Waals surface area contributed by atoms with Gasteiger partial charge in [-0.05, 0) is 31.2 Å². The second-order valence-electron chi connectivity index (χ2n) is 6.36. The summed E-state index contributed by atoms with van der Waals surface area (Å²) in [4.78, 5) is 8.83. The Morgan fingerprint density at radius 1 is 1.41 bits per heavy atom. The standard InChI is InChI=1S/C15H20F3N3O/c1-2-14(22)6-3-4-10-8-21(9-11(10)14)12-5-7-19-13(20-12)15(16,17)18/h5,7,10-11,22H,2-4,6,8-9H2,1H3/t10-,11+,14-/m0/s1. The number of halogens is 3. The van der Waals surface area contributed by atoms with Gasteiger partial charge in [0.05, 0.1) is 5.60 Å². The number of fused-ring (bicyclic) bond motifs is 1. The van der Waals surface area contributed by atoms with E-state index in [1.54, 1.807) is 0 Å². The molecule has 0 radical (unpaired) electrons. The highest BCUT2D eigenvalue weighted by Crippen LogP contribution is 2.45. The predicted octanol–water partition coefficient (Wildman–Crippen LogP) is 2.87. The van der Waals surface area contributed by atoms with E-state index in [-0.39, 0.29) is 5.92 Å². The van der Waals surface area contributed by atoms with Gasteiger partial charge in [0.25, 0.3) is 0 Å². The van der Waals surface area contributed by atoms with Gasteiger partial charge in [0.15, 0.2) is 0 Å². The van der Waals surface area contributed by atoms with E-state index in [0.717, 1.165) is 25.5 Å². The third kappa shape index (κ3) is 2.66. The molecule has 0 spiro atoms. The van der Waals surface area contributed by atoms with E-state index in [0.29, 0.717) is 31.2 Å². The van der Waals surface area contributed by atoms with Crippen molar-refractivity contribution >= 4 is 5.82 Å². The van der Waals surface area contributed by atoms with Gasteiger partial charge in [-0.15, -0.1) is 0 Å². The van der Waals surface area contributed by atoms with Crippen molar-refractivity contribution in [2.24, 2.45) is 11.8 Å². The lowest BCUT2D eigenvalue weighted by atomic mass is 9.69. The summed E-state index contributed by atoms with van der Waals surface area (Å²) in [6.07, 6.45) is 0.0546. The fourth-order valence-electron chi connectivity index (χ4n) is 3.92. The van der Waals surface area contributed by atoms with Gasteiger partial charge in [0, 0.05) is 25.2 Å². The van der Waals surface area contributed by atoms with Crippen LogP contribution in [0.25, 0.3) is 0 Å². The number of alkyl halides is 3. The lowest BCUT2D eigenvalue weighted by Gasteiger charge is -2.40. The van der Waals surface area contributed by atoms with Crippen LogP contribution in [0.1, 0.15) is 38.4 Å². The minimum atomic E-state index is -4.54. The zero-order valence-electron chi connectivity index (χ0n) is 12.5. The van der Waals surface area contributed by atoms with E-state index < -0.39 is 17.6 Å². The molecule has 7 heteroatoms. The van der Waals surface area contributed by atoms with Crippen LogP contribution in [0.15, 0.2) is 12.3 Å². The van der Waals surface area contributed by atoms with E-state index in [9.17, 15) is 18.3 Å². The number of anilines is 1. The van der Waals surface area contributed by atoms with Crippen LogP contribution in [-0.2, 0) is 6.18 Å². The van der Waals surface area contributed by atoms with Gasteiger partial charge in [-0.25, -0.2) is 9.97 Å². The van der Waals surface area contributed by atoms with Crippen LogP contribution in [0.2, 0.25) is 0 Å². The minimum absolute atomic E-state index is 0.107. The molecule has 1 saturated carbocycles. The van der Waals surface area contributed by atoms with Gasteiger partial charge >= 0.3 is 6.18 Å². The molecule has 2 heterocycles. The summed E-state index contributed by atoms with van der Waals surface area (Å²) in [6.45, 7) is 3.18. The second kappa shape index (κ2) is 5.37. The molecule has 0 bridgehead atoms. The molecule has 0 aromatic carbocycles. The molecule has 3 atom stereocenters. The average molecular weight is 315 g/mol. The van der Waals surface area contributed by atoms with Crippen molar-refractivity contribution in [1.82, 2.24) is 9.97 Å². The fraction of sp³-hybridized carbons (Fsp3) is 0.733. The normalized spacial score (nSPS) is 32.1. The van der Waals surface area contributed by atoms with Crippen molar-refractivity contribution in [3.05, 3.63) is 18.1 Å². The molecule has 4 nitrogen and oxygen atoms in total. The molecule has 1 aliphatic heterocycles. The van der Waals surface area contributed by atoms with E-state index in [1.165, 1.54) is 6.07 Å². The first kappa shape index (κ1) is 15.5. The van der Waals surface area contributed by atoms with Crippen molar-refractivity contribution in [2.75, 3.05) is 18.0 Å². The van der Waals surface area contributed by atoms with E-state index >= 15 is 0 Å². The van der Waals surface area contributed by atoms with Gasteiger partial charge in [-0.2, -0.15) is 13.2 Å². The van der Waals surface area contributed by atoms with Crippen LogP contribution in [0.3, 0.4) is 0 Å². The maximum Gasteiger partial charge on any atom is 0.451 e. The number of aromatic nitrogens is 2. The van der Waals surface area contributed by atoms with Crippen molar-refractivity contribution < 1.29 is 18.3 Å². The van der Waals surface area contributed by atoms with Crippen LogP contribution in [0.4, 0.5) is 19.0 Å². The number of hydrogen-bond donors (Lipinski definition) is 1. The highest BCUT2D eigenvalue weighted by Gasteiger charge is 2.48. The Hall–Kier alpha value is -1.37. The number of aliphatic hydroxyl groups is 1. The lowest BCUT2D eigenvalue weighted by Crippen LogP contribution is -2.44. The molecule has 1 aliphatic carbocycles. The summed E-state index contributed by atoms with van der Waals surface area (Å²) < 4.78 is 38.2. The Balaban J connectivity index is 1.83. The Labute approximate surface area is 127 Å². The molecule has 0 unspecified atom stereocenters. The van der Waals surface area contributed by atoms with Gasteiger partial charge in [-0.1, -0.05) is 13.3 Å². The van der Waals surface area contributed by atoms with Crippen LogP contribution >= 0.6 is 0 Å². The Morgan fingerprint density at radius 3 is 2.86 bits per heavy atom. The zero-order chi connectivity index (χ0) is 16.0. The summed E-state index contributed by atoms with van der Waals surface area (Å²) >= 11 is 0. The molecule has 3 rings (SSSR count). The van der Waals surface area contributed by atoms with E-state index in [4.69, 9.17) is 0 Å². The summed E-state index contributed by atoms with van der Waals surface area (Å²) in [6, 6.07) is 1.51. The van der Waals surface area contributed by atoms with Gasteiger partial charge < -0.3 is 10.0 Å². The third-order valence-corrected chi connectivity index (χ3v) is 5.15. The fourth-order valence-corrected chi connectivity index (χ4v) is 3.92. The molecule has 1 aromatic rings. The maximum absolute atomic E-state index is 12.7. The summed E-state index contributed by atoms with van der Waals surface area (Å²) in [5.74, 6) is -0.376. The molecule has 2 aliphatic rings. The molecular weight excluding hydrogens is 295 g/mol. The maximum atomic E-state index is 12.7. The SMILES string of the molecule is CC[C@]1(O)CCC[C@H]2CN(c3ccnc(C(F)(F)F)n3)C[C@H]21. The first-order chi connectivity index (χ1) is 10.3. The Morgan fingerprint density at radius 2 is 2.18 bits per heavy atom. The summed E-state index contributed by atoms with van der Waals surface area (Å²) in [7, 11) is 0. The monoisotopic (exact) mass is 315 g/mol. The molecule has 22 heavy (non-hydrogen) atoms. The van der Waals surface area contributed by atoms with Crippen LogP contribution in [0, 0.1) is 11.8 Å². The smallest absolute Gasteiger partial charge is 0.390 e. The number of rotatable bonds is 2. The summed E-state index contributed by atoms with van der Waals surface area (Å²) in [5, 5.41) is 10.8. The van der Waals surface area contributed by atoms with Crippen molar-refractivity contribution in [1.29, 1.82) is 0 Å². The van der Waals surface area contributed by atoms with Gasteiger partial charge in [-0.3, -0.25) is 0 Å². The van der Waals surface area contributed by atoms with E-state index in [1.807, 2.05) is 11.8 Å². The first-order valence-corrected chi connectivity index (χ1v) is 7.71. The molecule has 1 aromatic heterocycles. The third-order valence-electron chi connectivity index (χ3n) is 5.15. The summed E-state index contributed by atoms with van der Waals surface area (Å²) in [5.41, 5.74) is -0.697. The predicted molar refractivity (Wildman–Crippen MR) is 75.3 cm³/mol. The van der Waals surface area contributed by atoms with Crippen LogP contribution in [-0.4, -0.2) is 33.8 Å². The molecular formula is C15H20F3N3O. The molecule has 1 saturated heterocycles. The zero-order valence-corrected chi connectivity index (χ0v) is 12.5. The Kier molecular flexibility index (Phi) is 3.79. The van der Waals surface area contributed by atoms with Crippen molar-refractivity contribution in [3.8, 4) is 0 Å². The minimum Gasteiger partial charge on any atom is -0.390 e. The topological polar surface area (TPSA) is 49.2 Å². The molecule has 1 N–H and O–H groups in total. The quantitative estimate of drug-likeness (QED) is 0.912. The highest BCUT2D eigenvalue weighted by molar-refractivity contribution is 5.40. The van der Waals surface area contributed by atoms with Crippen LogP contribution in [0.5, 0.6) is 0 Å². The number of hydrogen-bond acceptors (Lipinski definition) is 4. The average Bonchev–Trinajstić information content (AvgIpc) is 2.92. The van der Waals surface area contributed by atoms with Crippen LogP contribution < -0.4 is 4.90 Å². The lowest BCUT2D eigenvalue weighted by molar-refractivity contribution is -0.144. The first-order valence-electron chi connectivity index (χ1n) is 7.71. The highest BCUT2D eigenvalue weighted by atomic mass is 19.4. The largest absolute Gasteiger partial charge is 0.451 e. The number of nitrogens with zero attached hydrogens (tertiary/aromatic N) is 3. The Bertz CT molecular complexity index is 551.